The largest absolute Gasteiger partial charge is 0.466 e. The zero-order chi connectivity index (χ0) is 104. The number of methoxy groups -OCH3 is 1. The standard InChI is InChI=1S/C10H14OS.C9H12OS.2C9H14OS.C8H12O3S.C7H12O2S.2C7H12OS.C6H10O2S.C6H10OS.C5H7ClOS.C5H8O2S.3C5H8OS/c1-10-5-8(11)12-9(10)6-2-3-7(10)4-6;1-4-5-2-6-7(3-5)9(10)11-8(4)6;1-6-3-2-4-8-7(6)5-9(10)11-8;1-9-5-3-2-4-7(9)11-8(10)6-9;1-5-7(3-11-6(2)9)4-12-8(5)10;1-5-6(3-9-2)4-10-7(5)8;1-5-4-6(8)9-7(5,2)3;1-4-5(2)7(8)9-6(4)3;1-4-5(2-7)3-9-6(4)8;1-4-3-6(7)8-5(4)2;2*1-3-4(6)2-8-5(3)7;1-4-2-5(6)7-3-4;1-4-2-3-7-5(4)6;1-4-2-3-5(6)7-4/h6-7,9H,2-5H2,1H3;4-8H,2-3H2,1H3;6-8H,2-5H2,1H3;7H,2-6H2,1H3;5,7H,3-4H2,1-2H3;5-6H,3-4H2,1-2H3;5H,4H2,1-3H3;4-6H,1-3H3;4-5,7H,2-3H2,1H3;4-5H,3H2,1-2H3;3-4H,2H2,1H3;3-4,6H,2H2,1H3;3*4H,2-3H2,1H3. The Labute approximate surface area is 899 Å². The Morgan fingerprint density at radius 2 is 1.04 bits per heavy atom. The van der Waals surface area contributed by atoms with Crippen molar-refractivity contribution in [3.8, 4) is 0 Å². The second-order valence-electron chi connectivity index (χ2n) is 42.9. The zero-order valence-electron chi connectivity index (χ0n) is 86.1. The second kappa shape index (κ2) is 60.4. The van der Waals surface area contributed by atoms with Crippen LogP contribution in [0.5, 0.6) is 0 Å². The van der Waals surface area contributed by atoms with E-state index >= 15 is 0 Å². The van der Waals surface area contributed by atoms with Crippen LogP contribution < -0.4 is 0 Å². The van der Waals surface area contributed by atoms with E-state index in [1.165, 1.54) is 213 Å². The van der Waals surface area contributed by atoms with Crippen LogP contribution in [0.25, 0.3) is 0 Å². The average Bonchev–Trinajstić information content (AvgIpc) is 1.69. The Kier molecular flexibility index (Phi) is 54.7. The first kappa shape index (κ1) is 126. The van der Waals surface area contributed by atoms with Crippen molar-refractivity contribution in [2.24, 2.45) is 141 Å². The van der Waals surface area contributed by atoms with Crippen LogP contribution in [0.2, 0.25) is 0 Å². The third kappa shape index (κ3) is 38.6. The molecule has 6 aliphatic carbocycles. The molecule has 21 fully saturated rings. The number of alkyl halides is 1. The van der Waals surface area contributed by atoms with Crippen LogP contribution >= 0.6 is 188 Å². The number of carbonyl (C=O) groups excluding carboxylic acids is 16. The first-order chi connectivity index (χ1) is 65.2. The highest BCUT2D eigenvalue weighted by Gasteiger charge is 2.61. The normalized spacial score (nSPS) is 40.2. The number of thioether (sulfide) groups is 15. The van der Waals surface area contributed by atoms with Gasteiger partial charge in [-0.25, -0.2) is 0 Å². The van der Waals surface area contributed by atoms with Crippen molar-refractivity contribution in [1.29, 1.82) is 0 Å². The first-order valence-electron chi connectivity index (χ1n) is 50.5. The molecule has 0 spiro atoms. The molecule has 0 aromatic carbocycles. The summed E-state index contributed by atoms with van der Waals surface area (Å²) in [5, 5.41) is 27.3. The molecule has 0 amide bonds. The molecule has 4 bridgehead atoms. The van der Waals surface area contributed by atoms with Gasteiger partial charge in [-0.1, -0.05) is 327 Å². The Hall–Kier alpha value is -0.0600. The quantitative estimate of drug-likeness (QED) is 0.191. The fraction of sp³-hybridized carbons (Fsp3) is 0.845. The van der Waals surface area contributed by atoms with Gasteiger partial charge in [0, 0.05) is 207 Å². The van der Waals surface area contributed by atoms with E-state index in [-0.39, 0.29) is 90.5 Å². The summed E-state index contributed by atoms with van der Waals surface area (Å²) in [6.45, 7) is 44.4. The third-order valence-corrected chi connectivity index (χ3v) is 52.0. The molecule has 15 saturated heterocycles. The summed E-state index contributed by atoms with van der Waals surface area (Å²) in [4.78, 5) is 173. The number of aliphatic hydroxyl groups excluding tert-OH is 2. The van der Waals surface area contributed by atoms with Gasteiger partial charge in [0.2, 0.25) is 0 Å². The van der Waals surface area contributed by atoms with E-state index in [1.54, 1.807) is 61.1 Å². The summed E-state index contributed by atoms with van der Waals surface area (Å²) in [5.74, 6) is 16.1. The Morgan fingerprint density at radius 1 is 0.446 bits per heavy atom. The van der Waals surface area contributed by atoms with E-state index in [4.69, 9.17) is 31.3 Å². The summed E-state index contributed by atoms with van der Waals surface area (Å²) >= 11 is 27.8. The van der Waals surface area contributed by atoms with Crippen LogP contribution in [0.15, 0.2) is 0 Å². The molecule has 0 radical (unpaired) electrons. The lowest BCUT2D eigenvalue weighted by molar-refractivity contribution is -0.143. The van der Waals surface area contributed by atoms with Crippen molar-refractivity contribution in [3.05, 3.63) is 0 Å². The molecule has 33 atom stereocenters. The number of esters is 1. The maximum atomic E-state index is 11.4. The minimum atomic E-state index is -0.396. The molecule has 15 heterocycles. The minimum Gasteiger partial charge on any atom is -0.466 e. The highest BCUT2D eigenvalue weighted by Crippen LogP contribution is 2.66. The molecule has 21 rings (SSSR count). The Bertz CT molecular complexity index is 4100. The van der Waals surface area contributed by atoms with Gasteiger partial charge in [-0.15, -0.1) is 11.6 Å². The van der Waals surface area contributed by atoms with Gasteiger partial charge in [0.05, 0.1) is 30.6 Å². The molecule has 0 aromatic rings. The Balaban J connectivity index is 0.000000203. The topological polar surface area (TPSA) is 332 Å². The van der Waals surface area contributed by atoms with Crippen LogP contribution in [0.1, 0.15) is 280 Å². The Morgan fingerprint density at radius 3 is 1.39 bits per heavy atom. The fourth-order valence-corrected chi connectivity index (χ4v) is 39.3. The van der Waals surface area contributed by atoms with Gasteiger partial charge in [-0.05, 0) is 154 Å². The minimum absolute atomic E-state index is 0.0364. The molecule has 20 nitrogen and oxygen atoms in total. The van der Waals surface area contributed by atoms with Crippen LogP contribution in [0.4, 0.5) is 0 Å². The number of rotatable bonds is 5. The van der Waals surface area contributed by atoms with Gasteiger partial charge >= 0.3 is 5.97 Å². The van der Waals surface area contributed by atoms with Crippen LogP contribution in [0, 0.1) is 141 Å². The second-order valence-corrected chi connectivity index (χ2v) is 61.7. The van der Waals surface area contributed by atoms with Gasteiger partial charge < -0.3 is 19.7 Å². The molecule has 33 unspecified atom stereocenters. The number of fused-ring (bicyclic) bond motifs is 8. The van der Waals surface area contributed by atoms with E-state index in [2.05, 4.69) is 90.0 Å². The SMILES string of the molecule is CC(=O)OCC1CSC(=O)C1C.CC12CC(=O)SC1C1CCC2C1.CC12CCCCC1SC(=O)C2.CC1C(=O)SCC1CO.CC1C(=O)SCC1Cl.CC1C(=O)SCC1O.CC1C2CC3C(=O)SC1C3C2.CC1CC(=O)SC1(C)C.CC1CC(=O)SC1C.CC1CCC(=O)S1.CC1CCCC2SC(=O)CC12.CC1CCSC1=O.CC1CSC(=O)C1.CC1SC(=O)C(C)C1C.COCC1CSC(=O)C1C. The van der Waals surface area contributed by atoms with Crippen LogP contribution in [-0.4, -0.2) is 213 Å². The molecular formula is C103H161ClO20S15. The smallest absolute Gasteiger partial charge is 0.302 e. The maximum Gasteiger partial charge on any atom is 0.302 e. The van der Waals surface area contributed by atoms with Gasteiger partial charge in [0.15, 0.2) is 76.7 Å². The number of aliphatic hydroxyl groups is 2. The number of halogens is 1. The third-order valence-electron chi connectivity index (χ3n) is 31.8. The molecule has 21 aliphatic rings. The molecule has 6 saturated carbocycles. The number of ether oxygens (including phenoxy) is 2. The number of hydrogen-bond donors (Lipinski definition) is 2. The van der Waals surface area contributed by atoms with E-state index < -0.39 is 6.10 Å². The lowest BCUT2D eigenvalue weighted by atomic mass is 9.73. The van der Waals surface area contributed by atoms with Gasteiger partial charge in [-0.3, -0.25) is 76.7 Å². The van der Waals surface area contributed by atoms with E-state index in [9.17, 15) is 76.7 Å². The van der Waals surface area contributed by atoms with Gasteiger partial charge in [0.1, 0.15) is 0 Å². The zero-order valence-corrected chi connectivity index (χ0v) is 99.1. The first-order valence-corrected chi connectivity index (χ1v) is 64.8. The summed E-state index contributed by atoms with van der Waals surface area (Å²) in [7, 11) is 1.68. The van der Waals surface area contributed by atoms with Crippen LogP contribution in [0.3, 0.4) is 0 Å². The molecule has 0 aromatic heterocycles. The molecule has 790 valence electrons. The fourth-order valence-electron chi connectivity index (χ4n) is 20.3. The monoisotopic (exact) mass is 2230 g/mol. The highest BCUT2D eigenvalue weighted by atomic mass is 35.5. The lowest BCUT2D eigenvalue weighted by Gasteiger charge is -2.33. The summed E-state index contributed by atoms with van der Waals surface area (Å²) in [6, 6.07) is 0. The predicted octanol–water partition coefficient (Wildman–Crippen LogP) is 23.6. The summed E-state index contributed by atoms with van der Waals surface area (Å²) in [6.07, 6.45) is 23.4. The molecule has 15 aliphatic heterocycles. The van der Waals surface area contributed by atoms with E-state index in [0.29, 0.717) is 158 Å². The van der Waals surface area contributed by atoms with Crippen molar-refractivity contribution in [3.63, 3.8) is 0 Å². The molecule has 36 heteroatoms. The summed E-state index contributed by atoms with van der Waals surface area (Å²) in [5.41, 5.74) is 0.782. The maximum absolute atomic E-state index is 11.4. The van der Waals surface area contributed by atoms with Crippen LogP contribution in [-0.2, 0) is 86.2 Å². The van der Waals surface area contributed by atoms with Crippen molar-refractivity contribution in [2.45, 2.75) is 333 Å². The average molecular weight is 2240 g/mol. The van der Waals surface area contributed by atoms with Crippen molar-refractivity contribution < 1.29 is 96.4 Å². The highest BCUT2D eigenvalue weighted by molar-refractivity contribution is 8.18. The molecular weight excluding hydrogens is 2070 g/mol. The molecule has 139 heavy (non-hydrogen) atoms. The lowest BCUT2D eigenvalue weighted by Crippen LogP contribution is -2.31. The predicted molar refractivity (Wildman–Crippen MR) is 596 cm³/mol. The number of hydrogen-bond acceptors (Lipinski definition) is 35. The van der Waals surface area contributed by atoms with Crippen molar-refractivity contribution in [1.82, 2.24) is 0 Å². The number of carbonyl (C=O) groups is 16. The van der Waals surface area contributed by atoms with E-state index in [1.807, 2.05) is 41.5 Å². The van der Waals surface area contributed by atoms with Gasteiger partial charge in [-0.2, -0.15) is 0 Å². The summed E-state index contributed by atoms with van der Waals surface area (Å²) < 4.78 is 10.0. The van der Waals surface area contributed by atoms with Gasteiger partial charge in [0.25, 0.3) is 0 Å². The van der Waals surface area contributed by atoms with Crippen molar-refractivity contribution >= 4 is 271 Å². The molecule has 2 N–H and O–H groups in total. The van der Waals surface area contributed by atoms with Crippen molar-refractivity contribution in [2.75, 3.05) is 67.2 Å². The van der Waals surface area contributed by atoms with E-state index in [0.717, 1.165) is 140 Å².